The van der Waals surface area contributed by atoms with Crippen LogP contribution in [0.4, 0.5) is 5.69 Å². The van der Waals surface area contributed by atoms with Crippen molar-refractivity contribution in [2.75, 3.05) is 5.32 Å². The summed E-state index contributed by atoms with van der Waals surface area (Å²) in [7, 11) is 0. The summed E-state index contributed by atoms with van der Waals surface area (Å²) in [6.45, 7) is 2.73. The molecule has 1 aromatic carbocycles. The molecular weight excluding hydrogens is 300 g/mol. The summed E-state index contributed by atoms with van der Waals surface area (Å²) >= 11 is 9.32. The van der Waals surface area contributed by atoms with Crippen LogP contribution in [0.5, 0.6) is 0 Å². The number of rotatable bonds is 3. The summed E-state index contributed by atoms with van der Waals surface area (Å²) in [5.74, 6) is 0. The molecule has 0 aliphatic rings. The van der Waals surface area contributed by atoms with Gasteiger partial charge in [0.1, 0.15) is 4.60 Å². The van der Waals surface area contributed by atoms with E-state index in [2.05, 4.69) is 26.2 Å². The number of anilines is 1. The largest absolute Gasteiger partial charge is 0.379 e. The van der Waals surface area contributed by atoms with Crippen LogP contribution in [0.15, 0.2) is 41.0 Å². The lowest BCUT2D eigenvalue weighted by Crippen LogP contribution is -2.02. The summed E-state index contributed by atoms with van der Waals surface area (Å²) in [5.41, 5.74) is 3.20. The SMILES string of the molecule is Cc1ccc(Cl)cc1NCc1cccc(Br)n1. The van der Waals surface area contributed by atoms with Crippen molar-refractivity contribution in [3.8, 4) is 0 Å². The van der Waals surface area contributed by atoms with Crippen LogP contribution in [0.2, 0.25) is 5.02 Å². The maximum atomic E-state index is 5.96. The van der Waals surface area contributed by atoms with Gasteiger partial charge >= 0.3 is 0 Å². The normalized spacial score (nSPS) is 10.3. The summed E-state index contributed by atoms with van der Waals surface area (Å²) < 4.78 is 0.847. The molecule has 1 heterocycles. The van der Waals surface area contributed by atoms with E-state index in [0.717, 1.165) is 21.0 Å². The monoisotopic (exact) mass is 310 g/mol. The predicted octanol–water partition coefficient (Wildman–Crippen LogP) is 4.42. The lowest BCUT2D eigenvalue weighted by atomic mass is 10.2. The Hall–Kier alpha value is -1.06. The number of pyridine rings is 1. The number of aromatic nitrogens is 1. The van der Waals surface area contributed by atoms with Crippen molar-refractivity contribution in [3.05, 3.63) is 57.3 Å². The number of halogens is 2. The maximum Gasteiger partial charge on any atom is 0.106 e. The highest BCUT2D eigenvalue weighted by Gasteiger charge is 2.00. The van der Waals surface area contributed by atoms with Crippen molar-refractivity contribution in [2.24, 2.45) is 0 Å². The van der Waals surface area contributed by atoms with Gasteiger partial charge in [0.15, 0.2) is 0 Å². The lowest BCUT2D eigenvalue weighted by molar-refractivity contribution is 1.03. The van der Waals surface area contributed by atoms with Gasteiger partial charge in [-0.05, 0) is 52.7 Å². The molecule has 0 saturated heterocycles. The molecule has 0 amide bonds. The fourth-order valence-electron chi connectivity index (χ4n) is 1.52. The average molecular weight is 312 g/mol. The zero-order valence-corrected chi connectivity index (χ0v) is 11.7. The highest BCUT2D eigenvalue weighted by Crippen LogP contribution is 2.20. The number of benzene rings is 1. The van der Waals surface area contributed by atoms with Crippen LogP contribution in [0, 0.1) is 6.92 Å². The molecule has 0 aliphatic heterocycles. The molecule has 0 saturated carbocycles. The zero-order valence-electron chi connectivity index (χ0n) is 9.37. The Morgan fingerprint density at radius 2 is 2.12 bits per heavy atom. The molecule has 2 nitrogen and oxygen atoms in total. The molecule has 0 fully saturated rings. The molecule has 4 heteroatoms. The molecule has 0 spiro atoms. The summed E-state index contributed by atoms with van der Waals surface area (Å²) in [6, 6.07) is 11.7. The van der Waals surface area contributed by atoms with Crippen molar-refractivity contribution >= 4 is 33.2 Å². The van der Waals surface area contributed by atoms with E-state index in [4.69, 9.17) is 11.6 Å². The molecule has 17 heavy (non-hydrogen) atoms. The second kappa shape index (κ2) is 5.52. The maximum absolute atomic E-state index is 5.96. The fourth-order valence-corrected chi connectivity index (χ4v) is 2.07. The number of nitrogens with one attached hydrogen (secondary N) is 1. The Kier molecular flexibility index (Phi) is 4.02. The standard InChI is InChI=1S/C13H12BrClN2/c1-9-5-6-10(15)7-12(9)16-8-11-3-2-4-13(14)17-11/h2-7,16H,8H2,1H3. The third kappa shape index (κ3) is 3.45. The second-order valence-electron chi connectivity index (χ2n) is 3.76. The number of hydrogen-bond donors (Lipinski definition) is 1. The van der Waals surface area contributed by atoms with E-state index in [-0.39, 0.29) is 0 Å². The van der Waals surface area contributed by atoms with Gasteiger partial charge in [0, 0.05) is 10.7 Å². The smallest absolute Gasteiger partial charge is 0.106 e. The number of aryl methyl sites for hydroxylation is 1. The average Bonchev–Trinajstić information content (AvgIpc) is 2.30. The van der Waals surface area contributed by atoms with Crippen molar-refractivity contribution < 1.29 is 0 Å². The topological polar surface area (TPSA) is 24.9 Å². The van der Waals surface area contributed by atoms with Crippen molar-refractivity contribution in [2.45, 2.75) is 13.5 Å². The molecule has 0 radical (unpaired) electrons. The first-order valence-electron chi connectivity index (χ1n) is 5.26. The minimum absolute atomic E-state index is 0.681. The van der Waals surface area contributed by atoms with Crippen LogP contribution in [0.1, 0.15) is 11.3 Å². The molecule has 1 aromatic heterocycles. The van der Waals surface area contributed by atoms with Crippen LogP contribution in [-0.4, -0.2) is 4.98 Å². The minimum atomic E-state index is 0.681. The minimum Gasteiger partial charge on any atom is -0.379 e. The van der Waals surface area contributed by atoms with Crippen LogP contribution in [0.25, 0.3) is 0 Å². The third-order valence-corrected chi connectivity index (χ3v) is 3.11. The first-order valence-corrected chi connectivity index (χ1v) is 6.44. The Balaban J connectivity index is 2.09. The van der Waals surface area contributed by atoms with Gasteiger partial charge in [-0.15, -0.1) is 0 Å². The molecular formula is C13H12BrClN2. The molecule has 1 N–H and O–H groups in total. The Morgan fingerprint density at radius 3 is 2.88 bits per heavy atom. The van der Waals surface area contributed by atoms with Crippen LogP contribution in [-0.2, 0) is 6.54 Å². The third-order valence-electron chi connectivity index (χ3n) is 2.43. The molecule has 2 aromatic rings. The molecule has 0 atom stereocenters. The molecule has 2 rings (SSSR count). The van der Waals surface area contributed by atoms with E-state index in [1.54, 1.807) is 0 Å². The van der Waals surface area contributed by atoms with Gasteiger partial charge in [-0.2, -0.15) is 0 Å². The summed E-state index contributed by atoms with van der Waals surface area (Å²) in [4.78, 5) is 4.36. The Morgan fingerprint density at radius 1 is 1.29 bits per heavy atom. The van der Waals surface area contributed by atoms with Gasteiger partial charge in [-0.3, -0.25) is 0 Å². The van der Waals surface area contributed by atoms with Gasteiger partial charge < -0.3 is 5.32 Å². The van der Waals surface area contributed by atoms with Crippen molar-refractivity contribution in [3.63, 3.8) is 0 Å². The van der Waals surface area contributed by atoms with Gasteiger partial charge in [-0.25, -0.2) is 4.98 Å². The first kappa shape index (κ1) is 12.4. The molecule has 88 valence electrons. The number of hydrogen-bond acceptors (Lipinski definition) is 2. The Bertz CT molecular complexity index is 529. The van der Waals surface area contributed by atoms with Gasteiger partial charge in [0.05, 0.1) is 12.2 Å². The summed E-state index contributed by atoms with van der Waals surface area (Å²) in [6.07, 6.45) is 0. The van der Waals surface area contributed by atoms with E-state index >= 15 is 0 Å². The molecule has 0 unspecified atom stereocenters. The van der Waals surface area contributed by atoms with Crippen molar-refractivity contribution in [1.29, 1.82) is 0 Å². The van der Waals surface area contributed by atoms with Gasteiger partial charge in [0.25, 0.3) is 0 Å². The lowest BCUT2D eigenvalue weighted by Gasteiger charge is -2.09. The van der Waals surface area contributed by atoms with Crippen LogP contribution < -0.4 is 5.32 Å². The molecule has 0 bridgehead atoms. The van der Waals surface area contributed by atoms with E-state index in [9.17, 15) is 0 Å². The van der Waals surface area contributed by atoms with Crippen LogP contribution >= 0.6 is 27.5 Å². The van der Waals surface area contributed by atoms with E-state index in [1.165, 1.54) is 5.56 Å². The fraction of sp³-hybridized carbons (Fsp3) is 0.154. The molecule has 0 aliphatic carbocycles. The first-order chi connectivity index (χ1) is 8.15. The van der Waals surface area contributed by atoms with E-state index in [1.807, 2.05) is 43.3 Å². The second-order valence-corrected chi connectivity index (χ2v) is 5.01. The highest BCUT2D eigenvalue weighted by atomic mass is 79.9. The van der Waals surface area contributed by atoms with E-state index in [0.29, 0.717) is 6.54 Å². The highest BCUT2D eigenvalue weighted by molar-refractivity contribution is 9.10. The van der Waals surface area contributed by atoms with Crippen LogP contribution in [0.3, 0.4) is 0 Å². The van der Waals surface area contributed by atoms with Gasteiger partial charge in [-0.1, -0.05) is 23.7 Å². The Labute approximate surface area is 114 Å². The predicted molar refractivity (Wildman–Crippen MR) is 75.5 cm³/mol. The number of nitrogens with zero attached hydrogens (tertiary/aromatic N) is 1. The van der Waals surface area contributed by atoms with E-state index < -0.39 is 0 Å². The zero-order chi connectivity index (χ0) is 12.3. The van der Waals surface area contributed by atoms with Gasteiger partial charge in [0.2, 0.25) is 0 Å². The quantitative estimate of drug-likeness (QED) is 0.849. The summed E-state index contributed by atoms with van der Waals surface area (Å²) in [5, 5.41) is 4.07. The van der Waals surface area contributed by atoms with Crippen molar-refractivity contribution in [1.82, 2.24) is 4.98 Å².